The molecule has 2 aromatic rings. The predicted molar refractivity (Wildman–Crippen MR) is 83.5 cm³/mol. The Morgan fingerprint density at radius 2 is 2.10 bits per heavy atom. The first-order valence-corrected chi connectivity index (χ1v) is 7.65. The van der Waals surface area contributed by atoms with E-state index in [2.05, 4.69) is 40.2 Å². The minimum atomic E-state index is 0.232. The third kappa shape index (κ3) is 2.78. The number of fused-ring (bicyclic) bond motifs is 1. The van der Waals surface area contributed by atoms with Gasteiger partial charge in [-0.3, -0.25) is 4.68 Å². The molecule has 1 aliphatic rings. The first-order chi connectivity index (χ1) is 10.1. The van der Waals surface area contributed by atoms with Crippen LogP contribution in [0.5, 0.6) is 11.5 Å². The van der Waals surface area contributed by atoms with Crippen LogP contribution in [0.25, 0.3) is 0 Å². The van der Waals surface area contributed by atoms with Crippen molar-refractivity contribution in [1.82, 2.24) is 15.1 Å². The number of aryl methyl sites for hydroxylation is 1. The van der Waals surface area contributed by atoms with Crippen LogP contribution < -0.4 is 14.8 Å². The Morgan fingerprint density at radius 1 is 1.38 bits per heavy atom. The van der Waals surface area contributed by atoms with Gasteiger partial charge in [0.25, 0.3) is 0 Å². The molecule has 112 valence electrons. The third-order valence-electron chi connectivity index (χ3n) is 3.88. The Labute approximate surface area is 132 Å². The number of halogens is 1. The number of benzene rings is 1. The lowest BCUT2D eigenvalue weighted by atomic mass is 10.1. The minimum absolute atomic E-state index is 0.232. The minimum Gasteiger partial charge on any atom is -0.454 e. The third-order valence-corrected chi connectivity index (χ3v) is 4.62. The molecule has 1 aromatic carbocycles. The molecule has 0 fully saturated rings. The lowest BCUT2D eigenvalue weighted by Gasteiger charge is -2.15. The number of aromatic nitrogens is 2. The van der Waals surface area contributed by atoms with Crippen LogP contribution >= 0.6 is 15.9 Å². The summed E-state index contributed by atoms with van der Waals surface area (Å²) in [5.74, 6) is 1.60. The molecule has 1 N–H and O–H groups in total. The second kappa shape index (κ2) is 5.69. The number of ether oxygens (including phenoxy) is 2. The SMILES string of the molecule is Cc1c(C(C)NCc2cc3c(cc2Br)OCO3)cnn1C. The van der Waals surface area contributed by atoms with Crippen molar-refractivity contribution in [3.63, 3.8) is 0 Å². The molecule has 0 aliphatic carbocycles. The number of hydrogen-bond acceptors (Lipinski definition) is 4. The van der Waals surface area contributed by atoms with E-state index in [4.69, 9.17) is 9.47 Å². The Balaban J connectivity index is 1.72. The zero-order chi connectivity index (χ0) is 15.0. The van der Waals surface area contributed by atoms with Crippen molar-refractivity contribution in [1.29, 1.82) is 0 Å². The predicted octanol–water partition coefficient (Wildman–Crippen LogP) is 3.07. The lowest BCUT2D eigenvalue weighted by molar-refractivity contribution is 0.174. The van der Waals surface area contributed by atoms with Crippen LogP contribution in [0.1, 0.15) is 29.8 Å². The van der Waals surface area contributed by atoms with E-state index < -0.39 is 0 Å². The fraction of sp³-hybridized carbons (Fsp3) is 0.400. The molecule has 1 atom stereocenters. The summed E-state index contributed by atoms with van der Waals surface area (Å²) in [5.41, 5.74) is 3.54. The Bertz CT molecular complexity index is 669. The number of rotatable bonds is 4. The molecular formula is C15H18BrN3O2. The number of nitrogens with zero attached hydrogens (tertiary/aromatic N) is 2. The van der Waals surface area contributed by atoms with Crippen molar-refractivity contribution in [2.45, 2.75) is 26.4 Å². The molecule has 0 saturated carbocycles. The van der Waals surface area contributed by atoms with Crippen molar-refractivity contribution in [3.8, 4) is 11.5 Å². The average molecular weight is 352 g/mol. The second-order valence-electron chi connectivity index (χ2n) is 5.21. The van der Waals surface area contributed by atoms with Crippen LogP contribution in [-0.4, -0.2) is 16.6 Å². The molecule has 0 amide bonds. The molecule has 21 heavy (non-hydrogen) atoms. The summed E-state index contributed by atoms with van der Waals surface area (Å²) in [6.07, 6.45) is 1.92. The van der Waals surface area contributed by atoms with Gasteiger partial charge in [0, 0.05) is 35.4 Å². The van der Waals surface area contributed by atoms with Gasteiger partial charge in [-0.25, -0.2) is 0 Å². The highest BCUT2D eigenvalue weighted by Crippen LogP contribution is 2.37. The van der Waals surface area contributed by atoms with Gasteiger partial charge in [-0.1, -0.05) is 15.9 Å². The van der Waals surface area contributed by atoms with Crippen LogP contribution in [0.15, 0.2) is 22.8 Å². The molecule has 1 aromatic heterocycles. The van der Waals surface area contributed by atoms with E-state index in [-0.39, 0.29) is 6.04 Å². The van der Waals surface area contributed by atoms with Crippen molar-refractivity contribution in [2.24, 2.45) is 7.05 Å². The van der Waals surface area contributed by atoms with Gasteiger partial charge in [0.05, 0.1) is 6.20 Å². The average Bonchev–Trinajstić information content (AvgIpc) is 3.03. The van der Waals surface area contributed by atoms with E-state index in [0.717, 1.165) is 28.1 Å². The van der Waals surface area contributed by atoms with E-state index >= 15 is 0 Å². The van der Waals surface area contributed by atoms with Crippen LogP contribution in [-0.2, 0) is 13.6 Å². The van der Waals surface area contributed by atoms with Gasteiger partial charge in [-0.05, 0) is 31.5 Å². The number of hydrogen-bond donors (Lipinski definition) is 1. The summed E-state index contributed by atoms with van der Waals surface area (Å²) in [5, 5.41) is 7.81. The van der Waals surface area contributed by atoms with E-state index in [1.54, 1.807) is 0 Å². The van der Waals surface area contributed by atoms with Gasteiger partial charge >= 0.3 is 0 Å². The van der Waals surface area contributed by atoms with E-state index in [1.165, 1.54) is 11.3 Å². The molecule has 2 heterocycles. The molecule has 0 spiro atoms. The topological polar surface area (TPSA) is 48.3 Å². The maximum atomic E-state index is 5.42. The summed E-state index contributed by atoms with van der Waals surface area (Å²) < 4.78 is 13.7. The van der Waals surface area contributed by atoms with Crippen LogP contribution in [0.3, 0.4) is 0 Å². The van der Waals surface area contributed by atoms with E-state index in [9.17, 15) is 0 Å². The maximum Gasteiger partial charge on any atom is 0.231 e. The molecular weight excluding hydrogens is 334 g/mol. The Morgan fingerprint density at radius 3 is 2.76 bits per heavy atom. The lowest BCUT2D eigenvalue weighted by Crippen LogP contribution is -2.19. The van der Waals surface area contributed by atoms with Gasteiger partial charge in [0.2, 0.25) is 6.79 Å². The molecule has 1 aliphatic heterocycles. The molecule has 0 saturated heterocycles. The summed E-state index contributed by atoms with van der Waals surface area (Å²) in [6, 6.07) is 4.21. The normalized spacial score (nSPS) is 14.5. The molecule has 0 radical (unpaired) electrons. The van der Waals surface area contributed by atoms with Crippen LogP contribution in [0.2, 0.25) is 0 Å². The van der Waals surface area contributed by atoms with Crippen molar-refractivity contribution < 1.29 is 9.47 Å². The quantitative estimate of drug-likeness (QED) is 0.919. The van der Waals surface area contributed by atoms with Crippen LogP contribution in [0.4, 0.5) is 0 Å². The number of nitrogens with one attached hydrogen (secondary N) is 1. The highest BCUT2D eigenvalue weighted by molar-refractivity contribution is 9.10. The van der Waals surface area contributed by atoms with E-state index in [0.29, 0.717) is 6.79 Å². The summed E-state index contributed by atoms with van der Waals surface area (Å²) in [4.78, 5) is 0. The van der Waals surface area contributed by atoms with Gasteiger partial charge in [-0.2, -0.15) is 5.10 Å². The molecule has 0 bridgehead atoms. The second-order valence-corrected chi connectivity index (χ2v) is 6.06. The molecule has 6 heteroatoms. The fourth-order valence-corrected chi connectivity index (χ4v) is 2.87. The van der Waals surface area contributed by atoms with Crippen LogP contribution in [0, 0.1) is 6.92 Å². The molecule has 5 nitrogen and oxygen atoms in total. The Hall–Kier alpha value is -1.53. The first-order valence-electron chi connectivity index (χ1n) is 6.86. The standard InChI is InChI=1S/C15H18BrN3O2/c1-9(12-7-18-19(3)10(12)2)17-6-11-4-14-15(5-13(11)16)21-8-20-14/h4-5,7,9,17H,6,8H2,1-3H3. The smallest absolute Gasteiger partial charge is 0.231 e. The van der Waals surface area contributed by atoms with Gasteiger partial charge < -0.3 is 14.8 Å². The highest BCUT2D eigenvalue weighted by Gasteiger charge is 2.17. The van der Waals surface area contributed by atoms with Crippen molar-refractivity contribution >= 4 is 15.9 Å². The molecule has 3 rings (SSSR count). The Kier molecular flexibility index (Phi) is 3.91. The first kappa shape index (κ1) is 14.4. The largest absolute Gasteiger partial charge is 0.454 e. The highest BCUT2D eigenvalue weighted by atomic mass is 79.9. The van der Waals surface area contributed by atoms with Crippen molar-refractivity contribution in [3.05, 3.63) is 39.6 Å². The zero-order valence-electron chi connectivity index (χ0n) is 12.3. The molecule has 1 unspecified atom stereocenters. The fourth-order valence-electron chi connectivity index (χ4n) is 2.41. The monoisotopic (exact) mass is 351 g/mol. The van der Waals surface area contributed by atoms with Gasteiger partial charge in [0.15, 0.2) is 11.5 Å². The van der Waals surface area contributed by atoms with Gasteiger partial charge in [0.1, 0.15) is 0 Å². The summed E-state index contributed by atoms with van der Waals surface area (Å²) >= 11 is 3.58. The summed E-state index contributed by atoms with van der Waals surface area (Å²) in [7, 11) is 1.96. The van der Waals surface area contributed by atoms with Crippen molar-refractivity contribution in [2.75, 3.05) is 6.79 Å². The van der Waals surface area contributed by atoms with Gasteiger partial charge in [-0.15, -0.1) is 0 Å². The van der Waals surface area contributed by atoms with E-state index in [1.807, 2.05) is 30.1 Å². The summed E-state index contributed by atoms with van der Waals surface area (Å²) in [6.45, 7) is 5.26. The maximum absolute atomic E-state index is 5.42. The zero-order valence-corrected chi connectivity index (χ0v) is 13.9.